The first-order valence-corrected chi connectivity index (χ1v) is 6.35. The van der Waals surface area contributed by atoms with Gasteiger partial charge in [-0.15, -0.1) is 0 Å². The third-order valence-electron chi connectivity index (χ3n) is 3.19. The number of halogens is 1. The van der Waals surface area contributed by atoms with Crippen molar-refractivity contribution in [2.75, 3.05) is 7.05 Å². The average Bonchev–Trinajstić information content (AvgIpc) is 2.37. The minimum atomic E-state index is 0.145. The standard InChI is InChI=1S/C15H17ClN2/c1-10-4-5-12(8-14(10)16)15(17-3)13-6-7-18-9-11(13)2/h4-9,15,17H,1-3H3. The van der Waals surface area contributed by atoms with Crippen molar-refractivity contribution in [2.24, 2.45) is 0 Å². The zero-order valence-electron chi connectivity index (χ0n) is 10.9. The zero-order chi connectivity index (χ0) is 13.1. The van der Waals surface area contributed by atoms with Gasteiger partial charge in [-0.2, -0.15) is 0 Å². The summed E-state index contributed by atoms with van der Waals surface area (Å²) < 4.78 is 0. The Labute approximate surface area is 113 Å². The van der Waals surface area contributed by atoms with Crippen LogP contribution in [0.5, 0.6) is 0 Å². The molecule has 3 heteroatoms. The molecule has 2 rings (SSSR count). The van der Waals surface area contributed by atoms with Crippen LogP contribution in [-0.4, -0.2) is 12.0 Å². The van der Waals surface area contributed by atoms with Gasteiger partial charge in [0.2, 0.25) is 0 Å². The summed E-state index contributed by atoms with van der Waals surface area (Å²) in [5.74, 6) is 0. The number of nitrogens with one attached hydrogen (secondary N) is 1. The molecule has 0 spiro atoms. The number of nitrogens with zero attached hydrogens (tertiary/aromatic N) is 1. The number of hydrogen-bond donors (Lipinski definition) is 1. The van der Waals surface area contributed by atoms with E-state index in [4.69, 9.17) is 11.6 Å². The zero-order valence-corrected chi connectivity index (χ0v) is 11.6. The van der Waals surface area contributed by atoms with Gasteiger partial charge in [0, 0.05) is 17.4 Å². The third-order valence-corrected chi connectivity index (χ3v) is 3.60. The predicted molar refractivity (Wildman–Crippen MR) is 76.1 cm³/mol. The summed E-state index contributed by atoms with van der Waals surface area (Å²) in [5, 5.41) is 4.14. The Kier molecular flexibility index (Phi) is 4.00. The van der Waals surface area contributed by atoms with Crippen molar-refractivity contribution in [1.29, 1.82) is 0 Å². The fourth-order valence-corrected chi connectivity index (χ4v) is 2.29. The second-order valence-electron chi connectivity index (χ2n) is 4.46. The Morgan fingerprint density at radius 2 is 1.94 bits per heavy atom. The van der Waals surface area contributed by atoms with E-state index in [0.29, 0.717) is 0 Å². The maximum Gasteiger partial charge on any atom is 0.0578 e. The van der Waals surface area contributed by atoms with Crippen molar-refractivity contribution in [1.82, 2.24) is 10.3 Å². The van der Waals surface area contributed by atoms with Crippen LogP contribution in [0, 0.1) is 13.8 Å². The van der Waals surface area contributed by atoms with Crippen LogP contribution in [-0.2, 0) is 0 Å². The van der Waals surface area contributed by atoms with Crippen molar-refractivity contribution in [3.8, 4) is 0 Å². The smallest absolute Gasteiger partial charge is 0.0578 e. The van der Waals surface area contributed by atoms with E-state index in [1.807, 2.05) is 38.5 Å². The van der Waals surface area contributed by atoms with Gasteiger partial charge >= 0.3 is 0 Å². The highest BCUT2D eigenvalue weighted by atomic mass is 35.5. The summed E-state index contributed by atoms with van der Waals surface area (Å²) in [4.78, 5) is 4.13. The van der Waals surface area contributed by atoms with Gasteiger partial charge in [0.05, 0.1) is 6.04 Å². The minimum absolute atomic E-state index is 0.145. The monoisotopic (exact) mass is 260 g/mol. The Morgan fingerprint density at radius 3 is 2.56 bits per heavy atom. The molecule has 0 radical (unpaired) electrons. The van der Waals surface area contributed by atoms with Gasteiger partial charge in [0.25, 0.3) is 0 Å². The predicted octanol–water partition coefficient (Wildman–Crippen LogP) is 3.66. The summed E-state index contributed by atoms with van der Waals surface area (Å²) in [6.07, 6.45) is 3.71. The van der Waals surface area contributed by atoms with E-state index in [2.05, 4.69) is 29.4 Å². The second-order valence-corrected chi connectivity index (χ2v) is 4.87. The molecule has 1 unspecified atom stereocenters. The largest absolute Gasteiger partial charge is 0.309 e. The molecule has 0 aliphatic rings. The maximum absolute atomic E-state index is 6.20. The SMILES string of the molecule is CNC(c1ccc(C)c(Cl)c1)c1ccncc1C. The fraction of sp³-hybridized carbons (Fsp3) is 0.267. The van der Waals surface area contributed by atoms with Crippen LogP contribution >= 0.6 is 11.6 Å². The summed E-state index contributed by atoms with van der Waals surface area (Å²) in [6.45, 7) is 4.08. The van der Waals surface area contributed by atoms with E-state index in [9.17, 15) is 0 Å². The van der Waals surface area contributed by atoms with Crippen molar-refractivity contribution < 1.29 is 0 Å². The minimum Gasteiger partial charge on any atom is -0.309 e. The van der Waals surface area contributed by atoms with Crippen molar-refractivity contribution in [3.05, 3.63) is 63.9 Å². The lowest BCUT2D eigenvalue weighted by molar-refractivity contribution is 0.686. The Balaban J connectivity index is 2.45. The third kappa shape index (κ3) is 2.55. The lowest BCUT2D eigenvalue weighted by atomic mass is 9.96. The lowest BCUT2D eigenvalue weighted by Crippen LogP contribution is -2.18. The van der Waals surface area contributed by atoms with Crippen LogP contribution in [0.1, 0.15) is 28.3 Å². The molecular weight excluding hydrogens is 244 g/mol. The van der Waals surface area contributed by atoms with E-state index in [-0.39, 0.29) is 6.04 Å². The van der Waals surface area contributed by atoms with Crippen LogP contribution in [0.2, 0.25) is 5.02 Å². The molecule has 2 nitrogen and oxygen atoms in total. The molecule has 2 aromatic rings. The molecule has 0 saturated heterocycles. The van der Waals surface area contributed by atoms with Crippen LogP contribution in [0.3, 0.4) is 0 Å². The van der Waals surface area contributed by atoms with Crippen molar-refractivity contribution in [3.63, 3.8) is 0 Å². The topological polar surface area (TPSA) is 24.9 Å². The summed E-state index contributed by atoms with van der Waals surface area (Å²) in [5.41, 5.74) is 4.67. The fourth-order valence-electron chi connectivity index (χ4n) is 2.10. The molecule has 1 aromatic carbocycles. The molecule has 1 N–H and O–H groups in total. The Hall–Kier alpha value is -1.38. The number of aryl methyl sites for hydroxylation is 2. The van der Waals surface area contributed by atoms with Crippen LogP contribution < -0.4 is 5.32 Å². The molecule has 0 saturated carbocycles. The van der Waals surface area contributed by atoms with Gasteiger partial charge in [0.1, 0.15) is 0 Å². The number of pyridine rings is 1. The van der Waals surface area contributed by atoms with E-state index < -0.39 is 0 Å². The molecule has 0 aliphatic carbocycles. The first-order valence-electron chi connectivity index (χ1n) is 5.97. The van der Waals surface area contributed by atoms with E-state index >= 15 is 0 Å². The van der Waals surface area contributed by atoms with Crippen molar-refractivity contribution >= 4 is 11.6 Å². The molecule has 1 heterocycles. The number of hydrogen-bond acceptors (Lipinski definition) is 2. The van der Waals surface area contributed by atoms with Gasteiger partial charge in [0.15, 0.2) is 0 Å². The Morgan fingerprint density at radius 1 is 1.17 bits per heavy atom. The van der Waals surface area contributed by atoms with E-state index in [0.717, 1.165) is 10.6 Å². The first-order chi connectivity index (χ1) is 8.63. The van der Waals surface area contributed by atoms with Gasteiger partial charge < -0.3 is 5.32 Å². The highest BCUT2D eigenvalue weighted by molar-refractivity contribution is 6.31. The normalized spacial score (nSPS) is 12.4. The molecule has 1 atom stereocenters. The number of rotatable bonds is 3. The highest BCUT2D eigenvalue weighted by Gasteiger charge is 2.14. The number of aromatic nitrogens is 1. The average molecular weight is 261 g/mol. The summed E-state index contributed by atoms with van der Waals surface area (Å²) >= 11 is 6.20. The summed E-state index contributed by atoms with van der Waals surface area (Å²) in [6, 6.07) is 8.38. The quantitative estimate of drug-likeness (QED) is 0.911. The number of benzene rings is 1. The van der Waals surface area contributed by atoms with E-state index in [1.165, 1.54) is 16.7 Å². The van der Waals surface area contributed by atoms with Crippen LogP contribution in [0.15, 0.2) is 36.7 Å². The molecule has 94 valence electrons. The maximum atomic E-state index is 6.20. The molecular formula is C15H17ClN2. The first kappa shape index (κ1) is 13.1. The lowest BCUT2D eigenvalue weighted by Gasteiger charge is -2.19. The molecule has 0 amide bonds. The van der Waals surface area contributed by atoms with Gasteiger partial charge in [-0.1, -0.05) is 23.7 Å². The van der Waals surface area contributed by atoms with Gasteiger partial charge in [-0.3, -0.25) is 4.98 Å². The Bertz CT molecular complexity index is 552. The van der Waals surface area contributed by atoms with Gasteiger partial charge in [-0.25, -0.2) is 0 Å². The van der Waals surface area contributed by atoms with Crippen LogP contribution in [0.25, 0.3) is 0 Å². The molecule has 1 aromatic heterocycles. The van der Waals surface area contributed by atoms with Crippen LogP contribution in [0.4, 0.5) is 0 Å². The summed E-state index contributed by atoms with van der Waals surface area (Å²) in [7, 11) is 1.96. The second kappa shape index (κ2) is 5.51. The molecule has 0 aliphatic heterocycles. The molecule has 18 heavy (non-hydrogen) atoms. The highest BCUT2D eigenvalue weighted by Crippen LogP contribution is 2.27. The van der Waals surface area contributed by atoms with E-state index in [1.54, 1.807) is 0 Å². The van der Waals surface area contributed by atoms with Crippen molar-refractivity contribution in [2.45, 2.75) is 19.9 Å². The van der Waals surface area contributed by atoms with Gasteiger partial charge in [-0.05, 0) is 55.3 Å². The molecule has 0 bridgehead atoms. The molecule has 0 fully saturated rings.